The van der Waals surface area contributed by atoms with E-state index in [-0.39, 0.29) is 12.2 Å². The average Bonchev–Trinajstić information content (AvgIpc) is 2.49. The molecule has 4 nitrogen and oxygen atoms in total. The second kappa shape index (κ2) is 7.00. The first-order valence-corrected chi connectivity index (χ1v) is 7.12. The summed E-state index contributed by atoms with van der Waals surface area (Å²) in [6.45, 7) is 1.98. The van der Waals surface area contributed by atoms with Gasteiger partial charge in [-0.1, -0.05) is 54.1 Å². The van der Waals surface area contributed by atoms with E-state index < -0.39 is 12.0 Å². The Kier molecular flexibility index (Phi) is 5.07. The third-order valence-electron chi connectivity index (χ3n) is 3.53. The number of ketones is 1. The normalized spacial score (nSPS) is 11.9. The van der Waals surface area contributed by atoms with Crippen LogP contribution in [-0.2, 0) is 17.6 Å². The first-order chi connectivity index (χ1) is 10.5. The van der Waals surface area contributed by atoms with E-state index in [9.17, 15) is 9.59 Å². The first-order valence-electron chi connectivity index (χ1n) is 7.12. The number of carbonyl (C=O) groups excluding carboxylic acids is 1. The number of carbonyl (C=O) groups is 2. The highest BCUT2D eigenvalue weighted by Crippen LogP contribution is 2.11. The highest BCUT2D eigenvalue weighted by Gasteiger charge is 2.12. The molecule has 0 aliphatic heterocycles. The van der Waals surface area contributed by atoms with Crippen LogP contribution in [0.5, 0.6) is 0 Å². The van der Waals surface area contributed by atoms with E-state index in [1.54, 1.807) is 0 Å². The largest absolute Gasteiger partial charge is 0.480 e. The third-order valence-corrected chi connectivity index (χ3v) is 3.53. The lowest BCUT2D eigenvalue weighted by atomic mass is 9.99. The predicted molar refractivity (Wildman–Crippen MR) is 85.0 cm³/mol. The summed E-state index contributed by atoms with van der Waals surface area (Å²) in [4.78, 5) is 22.9. The number of rotatable bonds is 6. The van der Waals surface area contributed by atoms with Gasteiger partial charge in [-0.2, -0.15) is 0 Å². The zero-order valence-electron chi connectivity index (χ0n) is 12.5. The van der Waals surface area contributed by atoms with E-state index in [2.05, 4.69) is 0 Å². The molecule has 4 heteroatoms. The molecule has 0 bridgehead atoms. The predicted octanol–water partition coefficient (Wildman–Crippen LogP) is 2.37. The smallest absolute Gasteiger partial charge is 0.320 e. The van der Waals surface area contributed by atoms with Crippen molar-refractivity contribution in [2.24, 2.45) is 5.73 Å². The maximum absolute atomic E-state index is 12.2. The lowest BCUT2D eigenvalue weighted by Crippen LogP contribution is -2.32. The molecule has 0 saturated heterocycles. The summed E-state index contributed by atoms with van der Waals surface area (Å²) in [7, 11) is 0. The van der Waals surface area contributed by atoms with E-state index >= 15 is 0 Å². The van der Waals surface area contributed by atoms with E-state index in [0.29, 0.717) is 12.0 Å². The summed E-state index contributed by atoms with van der Waals surface area (Å²) >= 11 is 0. The SMILES string of the molecule is Cc1ccc(C(=O)Cc2ccc(C[C@H](N)C(=O)O)cc2)cc1. The number of aryl methyl sites for hydroxylation is 1. The zero-order chi connectivity index (χ0) is 16.1. The van der Waals surface area contributed by atoms with Crippen molar-refractivity contribution in [1.82, 2.24) is 0 Å². The fourth-order valence-electron chi connectivity index (χ4n) is 2.16. The number of carboxylic acid groups (broad SMARTS) is 1. The Morgan fingerprint density at radius 2 is 1.55 bits per heavy atom. The van der Waals surface area contributed by atoms with Crippen molar-refractivity contribution >= 4 is 11.8 Å². The summed E-state index contributed by atoms with van der Waals surface area (Å²) in [6, 6.07) is 13.9. The van der Waals surface area contributed by atoms with Gasteiger partial charge in [-0.25, -0.2) is 0 Å². The lowest BCUT2D eigenvalue weighted by Gasteiger charge is -2.07. The van der Waals surface area contributed by atoms with Crippen molar-refractivity contribution in [3.8, 4) is 0 Å². The maximum atomic E-state index is 12.2. The van der Waals surface area contributed by atoms with Crippen LogP contribution in [0.1, 0.15) is 27.0 Å². The van der Waals surface area contributed by atoms with Crippen LogP contribution in [0.4, 0.5) is 0 Å². The van der Waals surface area contributed by atoms with Crippen LogP contribution in [0.2, 0.25) is 0 Å². The number of benzene rings is 2. The van der Waals surface area contributed by atoms with E-state index in [1.165, 1.54) is 0 Å². The van der Waals surface area contributed by atoms with Crippen LogP contribution in [-0.4, -0.2) is 22.9 Å². The molecule has 0 aliphatic carbocycles. The Morgan fingerprint density at radius 1 is 1.00 bits per heavy atom. The minimum Gasteiger partial charge on any atom is -0.480 e. The quantitative estimate of drug-likeness (QED) is 0.802. The molecule has 114 valence electrons. The van der Waals surface area contributed by atoms with Crippen molar-refractivity contribution in [3.05, 3.63) is 70.8 Å². The topological polar surface area (TPSA) is 80.4 Å². The van der Waals surface area contributed by atoms with Crippen LogP contribution in [0, 0.1) is 6.92 Å². The van der Waals surface area contributed by atoms with Crippen LogP contribution < -0.4 is 5.73 Å². The molecule has 0 unspecified atom stereocenters. The Balaban J connectivity index is 2.00. The van der Waals surface area contributed by atoms with Crippen molar-refractivity contribution in [1.29, 1.82) is 0 Å². The van der Waals surface area contributed by atoms with Gasteiger partial charge in [0.2, 0.25) is 0 Å². The van der Waals surface area contributed by atoms with Gasteiger partial charge in [0.15, 0.2) is 5.78 Å². The molecule has 0 fully saturated rings. The van der Waals surface area contributed by atoms with Crippen LogP contribution in [0.25, 0.3) is 0 Å². The molecule has 2 aromatic rings. The summed E-state index contributed by atoms with van der Waals surface area (Å²) in [5.41, 5.74) is 9.07. The monoisotopic (exact) mass is 297 g/mol. The third kappa shape index (κ3) is 4.27. The van der Waals surface area contributed by atoms with Crippen LogP contribution >= 0.6 is 0 Å². The number of hydrogen-bond acceptors (Lipinski definition) is 3. The molecule has 0 amide bonds. The minimum absolute atomic E-state index is 0.0648. The van der Waals surface area contributed by atoms with Gasteiger partial charge in [0.1, 0.15) is 6.04 Å². The Morgan fingerprint density at radius 3 is 2.09 bits per heavy atom. The number of carboxylic acids is 1. The highest BCUT2D eigenvalue weighted by atomic mass is 16.4. The number of nitrogens with two attached hydrogens (primary N) is 1. The number of hydrogen-bond donors (Lipinski definition) is 2. The molecule has 2 aromatic carbocycles. The minimum atomic E-state index is -1.02. The maximum Gasteiger partial charge on any atom is 0.320 e. The Bertz CT molecular complexity index is 660. The molecule has 0 radical (unpaired) electrons. The van der Waals surface area contributed by atoms with Crippen molar-refractivity contribution in [3.63, 3.8) is 0 Å². The summed E-state index contributed by atoms with van der Waals surface area (Å²) in [5, 5.41) is 8.79. The number of Topliss-reactive ketones (excluding diaryl/α,β-unsaturated/α-hetero) is 1. The molecule has 0 spiro atoms. The van der Waals surface area contributed by atoms with Crippen molar-refractivity contribution < 1.29 is 14.7 Å². The van der Waals surface area contributed by atoms with Crippen LogP contribution in [0.15, 0.2) is 48.5 Å². The molecule has 0 heterocycles. The second-order valence-electron chi connectivity index (χ2n) is 5.43. The number of aliphatic carboxylic acids is 1. The van der Waals surface area contributed by atoms with Gasteiger partial charge in [0.25, 0.3) is 0 Å². The average molecular weight is 297 g/mol. The van der Waals surface area contributed by atoms with Gasteiger partial charge in [-0.05, 0) is 24.5 Å². The van der Waals surface area contributed by atoms with Crippen molar-refractivity contribution in [2.45, 2.75) is 25.8 Å². The molecule has 0 aliphatic rings. The molecule has 0 saturated carbocycles. The van der Waals surface area contributed by atoms with Crippen molar-refractivity contribution in [2.75, 3.05) is 0 Å². The lowest BCUT2D eigenvalue weighted by molar-refractivity contribution is -0.138. The fraction of sp³-hybridized carbons (Fsp3) is 0.222. The molecule has 2 rings (SSSR count). The summed E-state index contributed by atoms with van der Waals surface area (Å²) < 4.78 is 0. The van der Waals surface area contributed by atoms with E-state index in [0.717, 1.165) is 16.7 Å². The molecular weight excluding hydrogens is 278 g/mol. The second-order valence-corrected chi connectivity index (χ2v) is 5.43. The van der Waals surface area contributed by atoms with Gasteiger partial charge >= 0.3 is 5.97 Å². The summed E-state index contributed by atoms with van der Waals surface area (Å²) in [6.07, 6.45) is 0.607. The van der Waals surface area contributed by atoms with Gasteiger partial charge in [0.05, 0.1) is 0 Å². The van der Waals surface area contributed by atoms with Gasteiger partial charge in [0, 0.05) is 12.0 Å². The van der Waals surface area contributed by atoms with E-state index in [4.69, 9.17) is 10.8 Å². The molecule has 1 atom stereocenters. The fourth-order valence-corrected chi connectivity index (χ4v) is 2.16. The Hall–Kier alpha value is -2.46. The van der Waals surface area contributed by atoms with E-state index in [1.807, 2.05) is 55.5 Å². The highest BCUT2D eigenvalue weighted by molar-refractivity contribution is 5.97. The molecular formula is C18H19NO3. The Labute approximate surface area is 129 Å². The summed E-state index contributed by atoms with van der Waals surface area (Å²) in [5.74, 6) is -0.950. The van der Waals surface area contributed by atoms with Gasteiger partial charge < -0.3 is 10.8 Å². The van der Waals surface area contributed by atoms with Crippen LogP contribution in [0.3, 0.4) is 0 Å². The first kappa shape index (κ1) is 15.9. The zero-order valence-corrected chi connectivity index (χ0v) is 12.5. The van der Waals surface area contributed by atoms with Gasteiger partial charge in [-0.3, -0.25) is 9.59 Å². The van der Waals surface area contributed by atoms with Gasteiger partial charge in [-0.15, -0.1) is 0 Å². The molecule has 3 N–H and O–H groups in total. The molecule has 22 heavy (non-hydrogen) atoms. The standard InChI is InChI=1S/C18H19NO3/c1-12-2-8-15(9-3-12)17(20)11-14-6-4-13(5-7-14)10-16(19)18(21)22/h2-9,16H,10-11,19H2,1H3,(H,21,22)/t16-/m0/s1. The molecule has 0 aromatic heterocycles.